The van der Waals surface area contributed by atoms with Gasteiger partial charge in [-0.1, -0.05) is 12.1 Å². The standard InChI is InChI=1S/C8H5Cl2N/c9-8(10)7-3-1-6(5-11)2-4-7/h1-4,8H. The number of hydrogen-bond donors (Lipinski definition) is 0. The van der Waals surface area contributed by atoms with Crippen LogP contribution in [-0.4, -0.2) is 0 Å². The summed E-state index contributed by atoms with van der Waals surface area (Å²) in [7, 11) is 0. The molecule has 1 rings (SSSR count). The van der Waals surface area contributed by atoms with Crippen molar-refractivity contribution in [1.29, 1.82) is 5.26 Å². The molecule has 0 atom stereocenters. The van der Waals surface area contributed by atoms with Gasteiger partial charge < -0.3 is 0 Å². The molecule has 0 fully saturated rings. The maximum atomic E-state index is 8.45. The number of benzene rings is 1. The van der Waals surface area contributed by atoms with Crippen molar-refractivity contribution in [3.8, 4) is 6.07 Å². The monoisotopic (exact) mass is 185 g/mol. The molecule has 0 radical (unpaired) electrons. The van der Waals surface area contributed by atoms with Crippen LogP contribution in [0.3, 0.4) is 0 Å². The molecule has 0 amide bonds. The lowest BCUT2D eigenvalue weighted by atomic mass is 10.2. The first kappa shape index (κ1) is 8.39. The number of rotatable bonds is 1. The molecular weight excluding hydrogens is 181 g/mol. The molecule has 0 saturated heterocycles. The van der Waals surface area contributed by atoms with E-state index in [9.17, 15) is 0 Å². The molecule has 1 aromatic rings. The van der Waals surface area contributed by atoms with Gasteiger partial charge in [-0.15, -0.1) is 23.2 Å². The summed E-state index contributed by atoms with van der Waals surface area (Å²) in [5.41, 5.74) is 1.43. The van der Waals surface area contributed by atoms with Crippen molar-refractivity contribution in [2.24, 2.45) is 0 Å². The van der Waals surface area contributed by atoms with Crippen LogP contribution in [0.1, 0.15) is 16.0 Å². The summed E-state index contributed by atoms with van der Waals surface area (Å²) < 4.78 is 0. The maximum absolute atomic E-state index is 8.45. The highest BCUT2D eigenvalue weighted by atomic mass is 35.5. The summed E-state index contributed by atoms with van der Waals surface area (Å²) in [5.74, 6) is 0. The van der Waals surface area contributed by atoms with Crippen LogP contribution in [0.4, 0.5) is 0 Å². The topological polar surface area (TPSA) is 23.8 Å². The van der Waals surface area contributed by atoms with Crippen molar-refractivity contribution in [3.05, 3.63) is 35.4 Å². The van der Waals surface area contributed by atoms with Gasteiger partial charge in [0.15, 0.2) is 0 Å². The summed E-state index contributed by atoms with van der Waals surface area (Å²) in [4.78, 5) is -0.511. The minimum atomic E-state index is -0.511. The Hall–Kier alpha value is -0.710. The van der Waals surface area contributed by atoms with Gasteiger partial charge in [-0.3, -0.25) is 0 Å². The lowest BCUT2D eigenvalue weighted by molar-refractivity contribution is 1.34. The molecule has 0 unspecified atom stereocenters. The van der Waals surface area contributed by atoms with Crippen molar-refractivity contribution < 1.29 is 0 Å². The van der Waals surface area contributed by atoms with E-state index in [2.05, 4.69) is 0 Å². The molecule has 0 heterocycles. The first-order valence-electron chi connectivity index (χ1n) is 3.02. The van der Waals surface area contributed by atoms with E-state index in [-0.39, 0.29) is 0 Å². The van der Waals surface area contributed by atoms with Gasteiger partial charge >= 0.3 is 0 Å². The average molecular weight is 186 g/mol. The lowest BCUT2D eigenvalue weighted by Crippen LogP contribution is -1.80. The van der Waals surface area contributed by atoms with Gasteiger partial charge in [0, 0.05) is 0 Å². The maximum Gasteiger partial charge on any atom is 0.132 e. The molecule has 0 aliphatic carbocycles. The van der Waals surface area contributed by atoms with E-state index in [0.717, 1.165) is 5.56 Å². The zero-order chi connectivity index (χ0) is 8.27. The Morgan fingerprint density at radius 1 is 1.18 bits per heavy atom. The zero-order valence-electron chi connectivity index (χ0n) is 5.59. The first-order chi connectivity index (χ1) is 5.24. The van der Waals surface area contributed by atoms with Crippen molar-refractivity contribution in [3.63, 3.8) is 0 Å². The molecule has 3 heteroatoms. The van der Waals surface area contributed by atoms with Crippen LogP contribution >= 0.6 is 23.2 Å². The number of halogens is 2. The van der Waals surface area contributed by atoms with Gasteiger partial charge in [-0.25, -0.2) is 0 Å². The summed E-state index contributed by atoms with van der Waals surface area (Å²) in [6.45, 7) is 0. The van der Waals surface area contributed by atoms with Crippen molar-refractivity contribution in [2.45, 2.75) is 4.84 Å². The normalized spacial score (nSPS) is 9.64. The van der Waals surface area contributed by atoms with E-state index in [0.29, 0.717) is 5.56 Å². The molecule has 0 spiro atoms. The van der Waals surface area contributed by atoms with Crippen LogP contribution in [0, 0.1) is 11.3 Å². The van der Waals surface area contributed by atoms with Crippen LogP contribution in [0.2, 0.25) is 0 Å². The van der Waals surface area contributed by atoms with Crippen molar-refractivity contribution in [2.75, 3.05) is 0 Å². The predicted molar refractivity (Wildman–Crippen MR) is 45.6 cm³/mol. The zero-order valence-corrected chi connectivity index (χ0v) is 7.10. The summed E-state index contributed by atoms with van der Waals surface area (Å²) in [6, 6.07) is 8.86. The number of hydrogen-bond acceptors (Lipinski definition) is 1. The molecular formula is C8H5Cl2N. The first-order valence-corrected chi connectivity index (χ1v) is 3.89. The smallest absolute Gasteiger partial charge is 0.132 e. The second-order valence-electron chi connectivity index (χ2n) is 2.03. The highest BCUT2D eigenvalue weighted by Gasteiger charge is 2.01. The molecule has 0 saturated carbocycles. The van der Waals surface area contributed by atoms with Gasteiger partial charge in [-0.05, 0) is 17.7 Å². The fourth-order valence-electron chi connectivity index (χ4n) is 0.703. The Balaban J connectivity index is 2.94. The molecule has 0 bridgehead atoms. The van der Waals surface area contributed by atoms with Gasteiger partial charge in [0.2, 0.25) is 0 Å². The van der Waals surface area contributed by atoms with E-state index < -0.39 is 4.84 Å². The van der Waals surface area contributed by atoms with Crippen LogP contribution in [-0.2, 0) is 0 Å². The molecule has 11 heavy (non-hydrogen) atoms. The van der Waals surface area contributed by atoms with Gasteiger partial charge in [0.25, 0.3) is 0 Å². The van der Waals surface area contributed by atoms with Gasteiger partial charge in [-0.2, -0.15) is 5.26 Å². The largest absolute Gasteiger partial charge is 0.192 e. The van der Waals surface area contributed by atoms with E-state index in [1.807, 2.05) is 6.07 Å². The van der Waals surface area contributed by atoms with Crippen LogP contribution in [0.25, 0.3) is 0 Å². The summed E-state index contributed by atoms with van der Waals surface area (Å²) in [5, 5.41) is 8.45. The third-order valence-corrected chi connectivity index (χ3v) is 1.80. The van der Waals surface area contributed by atoms with Crippen molar-refractivity contribution in [1.82, 2.24) is 0 Å². The van der Waals surface area contributed by atoms with E-state index in [1.54, 1.807) is 24.3 Å². The van der Waals surface area contributed by atoms with E-state index in [4.69, 9.17) is 28.5 Å². The lowest BCUT2D eigenvalue weighted by Gasteiger charge is -1.98. The Labute approximate surface area is 75.2 Å². The Bertz CT molecular complexity index is 271. The average Bonchev–Trinajstić information content (AvgIpc) is 2.05. The molecule has 1 aromatic carbocycles. The van der Waals surface area contributed by atoms with Crippen LogP contribution in [0.15, 0.2) is 24.3 Å². The number of alkyl halides is 2. The quantitative estimate of drug-likeness (QED) is 0.618. The predicted octanol–water partition coefficient (Wildman–Crippen LogP) is 3.03. The third-order valence-electron chi connectivity index (χ3n) is 1.29. The fraction of sp³-hybridized carbons (Fsp3) is 0.125. The molecule has 0 aliphatic heterocycles. The minimum absolute atomic E-state index is 0.511. The number of nitrogens with zero attached hydrogens (tertiary/aromatic N) is 1. The summed E-state index contributed by atoms with van der Waals surface area (Å²) >= 11 is 11.2. The Morgan fingerprint density at radius 3 is 2.09 bits per heavy atom. The van der Waals surface area contributed by atoms with Gasteiger partial charge in [0.05, 0.1) is 11.6 Å². The van der Waals surface area contributed by atoms with E-state index >= 15 is 0 Å². The van der Waals surface area contributed by atoms with Crippen LogP contribution < -0.4 is 0 Å². The highest BCUT2D eigenvalue weighted by molar-refractivity contribution is 6.44. The Kier molecular flexibility index (Phi) is 2.76. The molecule has 0 aromatic heterocycles. The minimum Gasteiger partial charge on any atom is -0.192 e. The third kappa shape index (κ3) is 2.11. The second kappa shape index (κ2) is 3.61. The van der Waals surface area contributed by atoms with Crippen molar-refractivity contribution >= 4 is 23.2 Å². The van der Waals surface area contributed by atoms with Gasteiger partial charge in [0.1, 0.15) is 4.84 Å². The SMILES string of the molecule is N#Cc1ccc(C(Cl)Cl)cc1. The molecule has 1 nitrogen and oxygen atoms in total. The molecule has 56 valence electrons. The van der Waals surface area contributed by atoms with Crippen LogP contribution in [0.5, 0.6) is 0 Å². The second-order valence-corrected chi connectivity index (χ2v) is 3.13. The number of nitriles is 1. The molecule has 0 aliphatic rings. The molecule has 0 N–H and O–H groups in total. The Morgan fingerprint density at radius 2 is 1.73 bits per heavy atom. The summed E-state index contributed by atoms with van der Waals surface area (Å²) in [6.07, 6.45) is 0. The van der Waals surface area contributed by atoms with E-state index in [1.165, 1.54) is 0 Å². The highest BCUT2D eigenvalue weighted by Crippen LogP contribution is 2.24. The fourth-order valence-corrected chi connectivity index (χ4v) is 0.994.